The summed E-state index contributed by atoms with van der Waals surface area (Å²) in [5.41, 5.74) is -0.486. The first kappa shape index (κ1) is 17.0. The third kappa shape index (κ3) is 5.90. The van der Waals surface area contributed by atoms with E-state index in [4.69, 9.17) is 4.74 Å². The predicted molar refractivity (Wildman–Crippen MR) is 78.4 cm³/mol. The van der Waals surface area contributed by atoms with Crippen molar-refractivity contribution in [2.75, 3.05) is 27.2 Å². The fourth-order valence-electron chi connectivity index (χ4n) is 2.36. The van der Waals surface area contributed by atoms with Gasteiger partial charge in [0.15, 0.2) is 0 Å². The monoisotopic (exact) mass is 284 g/mol. The van der Waals surface area contributed by atoms with Crippen molar-refractivity contribution in [3.63, 3.8) is 0 Å². The molecule has 116 valence electrons. The second kappa shape index (κ2) is 7.07. The van der Waals surface area contributed by atoms with E-state index in [-0.39, 0.29) is 24.7 Å². The summed E-state index contributed by atoms with van der Waals surface area (Å²) in [5.74, 6) is -0.270. The van der Waals surface area contributed by atoms with Gasteiger partial charge in [-0.1, -0.05) is 0 Å². The number of rotatable bonds is 4. The summed E-state index contributed by atoms with van der Waals surface area (Å²) in [5, 5.41) is 0. The van der Waals surface area contributed by atoms with Crippen LogP contribution >= 0.6 is 0 Å². The first-order valence-electron chi connectivity index (χ1n) is 7.35. The fourth-order valence-corrected chi connectivity index (χ4v) is 2.36. The van der Waals surface area contributed by atoms with Gasteiger partial charge < -0.3 is 14.5 Å². The van der Waals surface area contributed by atoms with Gasteiger partial charge in [-0.05, 0) is 53.8 Å². The number of amides is 1. The second-order valence-corrected chi connectivity index (χ2v) is 6.63. The Morgan fingerprint density at radius 2 is 1.75 bits per heavy atom. The highest BCUT2D eigenvalue weighted by atomic mass is 16.6. The average molecular weight is 284 g/mol. The Morgan fingerprint density at radius 1 is 1.20 bits per heavy atom. The van der Waals surface area contributed by atoms with Crippen molar-refractivity contribution in [2.24, 2.45) is 0 Å². The number of esters is 1. The first-order chi connectivity index (χ1) is 9.19. The zero-order chi connectivity index (χ0) is 15.3. The van der Waals surface area contributed by atoms with Gasteiger partial charge in [0, 0.05) is 19.5 Å². The highest BCUT2D eigenvalue weighted by molar-refractivity contribution is 5.81. The molecule has 0 saturated carbocycles. The number of hydrogen-bond acceptors (Lipinski definition) is 4. The van der Waals surface area contributed by atoms with Crippen LogP contribution in [0.1, 0.15) is 46.5 Å². The number of ether oxygens (including phenoxy) is 1. The van der Waals surface area contributed by atoms with Gasteiger partial charge in [-0.3, -0.25) is 9.59 Å². The Labute approximate surface area is 122 Å². The molecule has 1 heterocycles. The number of piperidine rings is 1. The lowest BCUT2D eigenvalue weighted by Crippen LogP contribution is -2.44. The molecule has 20 heavy (non-hydrogen) atoms. The van der Waals surface area contributed by atoms with Crippen molar-refractivity contribution < 1.29 is 14.3 Å². The van der Waals surface area contributed by atoms with E-state index in [1.165, 1.54) is 0 Å². The van der Waals surface area contributed by atoms with Gasteiger partial charge in [0.05, 0.1) is 6.42 Å². The van der Waals surface area contributed by atoms with E-state index >= 15 is 0 Å². The van der Waals surface area contributed by atoms with Crippen LogP contribution in [0, 0.1) is 0 Å². The third-order valence-corrected chi connectivity index (χ3v) is 3.59. The molecule has 0 radical (unpaired) electrons. The van der Waals surface area contributed by atoms with Gasteiger partial charge >= 0.3 is 5.97 Å². The minimum absolute atomic E-state index is 0.0328. The number of hydrogen-bond donors (Lipinski definition) is 0. The normalized spacial score (nSPS) is 17.9. The van der Waals surface area contributed by atoms with Gasteiger partial charge in [-0.25, -0.2) is 0 Å². The quantitative estimate of drug-likeness (QED) is 0.737. The van der Waals surface area contributed by atoms with E-state index in [9.17, 15) is 9.59 Å². The predicted octanol–water partition coefficient (Wildman–Crippen LogP) is 1.66. The highest BCUT2D eigenvalue weighted by Crippen LogP contribution is 2.16. The van der Waals surface area contributed by atoms with Crippen molar-refractivity contribution in [2.45, 2.75) is 58.1 Å². The van der Waals surface area contributed by atoms with Crippen LogP contribution in [0.15, 0.2) is 0 Å². The van der Waals surface area contributed by atoms with Crippen LogP contribution in [0.25, 0.3) is 0 Å². The van der Waals surface area contributed by atoms with Crippen LogP contribution < -0.4 is 0 Å². The van der Waals surface area contributed by atoms with Gasteiger partial charge in [-0.2, -0.15) is 0 Å². The lowest BCUT2D eigenvalue weighted by molar-refractivity contribution is -0.156. The minimum Gasteiger partial charge on any atom is -0.460 e. The molecule has 0 spiro atoms. The van der Waals surface area contributed by atoms with Gasteiger partial charge in [0.1, 0.15) is 5.60 Å². The summed E-state index contributed by atoms with van der Waals surface area (Å²) in [6, 6.07) is 0.303. The standard InChI is InChI=1S/C15H28N2O3/c1-15(2,3)20-14(19)7-6-13(18)17(5)12-8-10-16(4)11-9-12/h12H,6-11H2,1-5H3. The molecular formula is C15H28N2O3. The number of likely N-dealkylation sites (tertiary alicyclic amines) is 1. The molecule has 5 heteroatoms. The van der Waals surface area contributed by atoms with E-state index in [1.807, 2.05) is 27.8 Å². The van der Waals surface area contributed by atoms with Crippen molar-refractivity contribution in [1.82, 2.24) is 9.80 Å². The topological polar surface area (TPSA) is 49.9 Å². The smallest absolute Gasteiger partial charge is 0.306 e. The van der Waals surface area contributed by atoms with Crippen LogP contribution in [0.3, 0.4) is 0 Å². The molecule has 0 bridgehead atoms. The molecular weight excluding hydrogens is 256 g/mol. The molecule has 1 saturated heterocycles. The first-order valence-corrected chi connectivity index (χ1v) is 7.35. The summed E-state index contributed by atoms with van der Waals surface area (Å²) in [7, 11) is 3.94. The average Bonchev–Trinajstić information content (AvgIpc) is 2.34. The van der Waals surface area contributed by atoms with Crippen LogP contribution in [0.5, 0.6) is 0 Å². The van der Waals surface area contributed by atoms with Crippen LogP contribution in [0.2, 0.25) is 0 Å². The van der Waals surface area contributed by atoms with Crippen molar-refractivity contribution in [3.8, 4) is 0 Å². The Bertz CT molecular complexity index is 342. The number of carbonyl (C=O) groups excluding carboxylic acids is 2. The van der Waals surface area contributed by atoms with Crippen molar-refractivity contribution >= 4 is 11.9 Å². The Kier molecular flexibility index (Phi) is 5.99. The molecule has 0 aromatic heterocycles. The maximum absolute atomic E-state index is 12.1. The SMILES string of the molecule is CN1CCC(N(C)C(=O)CCC(=O)OC(C)(C)C)CC1. The molecule has 0 N–H and O–H groups in total. The third-order valence-electron chi connectivity index (χ3n) is 3.59. The lowest BCUT2D eigenvalue weighted by Gasteiger charge is -2.35. The molecule has 1 rings (SSSR count). The summed E-state index contributed by atoms with van der Waals surface area (Å²) in [6.07, 6.45) is 2.40. The molecule has 1 fully saturated rings. The fraction of sp³-hybridized carbons (Fsp3) is 0.867. The van der Waals surface area contributed by atoms with E-state index in [0.717, 1.165) is 25.9 Å². The van der Waals surface area contributed by atoms with E-state index in [0.29, 0.717) is 6.04 Å². The van der Waals surface area contributed by atoms with E-state index < -0.39 is 5.60 Å². The Balaban J connectivity index is 2.33. The largest absolute Gasteiger partial charge is 0.460 e. The lowest BCUT2D eigenvalue weighted by atomic mass is 10.0. The number of carbonyl (C=O) groups is 2. The van der Waals surface area contributed by atoms with Gasteiger partial charge in [-0.15, -0.1) is 0 Å². The van der Waals surface area contributed by atoms with Crippen molar-refractivity contribution in [1.29, 1.82) is 0 Å². The molecule has 5 nitrogen and oxygen atoms in total. The Hall–Kier alpha value is -1.10. The second-order valence-electron chi connectivity index (χ2n) is 6.63. The zero-order valence-electron chi connectivity index (χ0n) is 13.4. The van der Waals surface area contributed by atoms with Crippen LogP contribution in [-0.2, 0) is 14.3 Å². The molecule has 0 aromatic rings. The van der Waals surface area contributed by atoms with Gasteiger partial charge in [0.2, 0.25) is 5.91 Å². The molecule has 0 aliphatic carbocycles. The minimum atomic E-state index is -0.486. The summed E-state index contributed by atoms with van der Waals surface area (Å²) >= 11 is 0. The van der Waals surface area contributed by atoms with E-state index in [1.54, 1.807) is 4.90 Å². The summed E-state index contributed by atoms with van der Waals surface area (Å²) in [6.45, 7) is 7.54. The maximum atomic E-state index is 12.1. The zero-order valence-corrected chi connectivity index (χ0v) is 13.4. The molecule has 1 aliphatic rings. The summed E-state index contributed by atoms with van der Waals surface area (Å²) < 4.78 is 5.21. The number of nitrogens with zero attached hydrogens (tertiary/aromatic N) is 2. The van der Waals surface area contributed by atoms with Gasteiger partial charge in [0.25, 0.3) is 0 Å². The molecule has 1 aliphatic heterocycles. The Morgan fingerprint density at radius 3 is 2.25 bits per heavy atom. The van der Waals surface area contributed by atoms with Crippen LogP contribution in [0.4, 0.5) is 0 Å². The molecule has 0 atom stereocenters. The molecule has 1 amide bonds. The van der Waals surface area contributed by atoms with Crippen LogP contribution in [-0.4, -0.2) is 60.5 Å². The van der Waals surface area contributed by atoms with Crippen molar-refractivity contribution in [3.05, 3.63) is 0 Å². The van der Waals surface area contributed by atoms with E-state index in [2.05, 4.69) is 11.9 Å². The maximum Gasteiger partial charge on any atom is 0.306 e. The molecule has 0 aromatic carbocycles. The summed E-state index contributed by atoms with van der Waals surface area (Å²) in [4.78, 5) is 27.8. The highest BCUT2D eigenvalue weighted by Gasteiger charge is 2.24. The molecule has 0 unspecified atom stereocenters.